The summed E-state index contributed by atoms with van der Waals surface area (Å²) in [4.78, 5) is 15.9. The van der Waals surface area contributed by atoms with Crippen molar-refractivity contribution in [2.45, 2.75) is 12.2 Å². The molecule has 2 aromatic heterocycles. The van der Waals surface area contributed by atoms with E-state index >= 15 is 0 Å². The summed E-state index contributed by atoms with van der Waals surface area (Å²) >= 11 is 0. The van der Waals surface area contributed by atoms with Crippen molar-refractivity contribution in [1.29, 1.82) is 0 Å². The van der Waals surface area contributed by atoms with Gasteiger partial charge in [0.25, 0.3) is 5.91 Å². The maximum absolute atomic E-state index is 12.6. The Morgan fingerprint density at radius 1 is 1.12 bits per heavy atom. The number of hydrogen-bond acceptors (Lipinski definition) is 5. The normalized spacial score (nSPS) is 12.6. The van der Waals surface area contributed by atoms with Crippen LogP contribution in [0.2, 0.25) is 0 Å². The molecule has 1 amide bonds. The number of nitrogens with zero attached hydrogens (tertiary/aromatic N) is 5. The van der Waals surface area contributed by atoms with Gasteiger partial charge in [-0.25, -0.2) is 9.67 Å². The second-order valence-corrected chi connectivity index (χ2v) is 5.02. The topological polar surface area (TPSA) is 85.6 Å². The van der Waals surface area contributed by atoms with Crippen LogP contribution in [0.25, 0.3) is 0 Å². The van der Waals surface area contributed by atoms with Gasteiger partial charge in [-0.3, -0.25) is 4.79 Å². The third kappa shape index (κ3) is 3.79. The Hall–Kier alpha value is -3.30. The Morgan fingerprint density at radius 2 is 1.88 bits per heavy atom. The first kappa shape index (κ1) is 16.6. The van der Waals surface area contributed by atoms with Crippen molar-refractivity contribution in [1.82, 2.24) is 25.2 Å². The lowest BCUT2D eigenvalue weighted by molar-refractivity contribution is -0.141. The summed E-state index contributed by atoms with van der Waals surface area (Å²) in [5.41, 5.74) is -0.287. The van der Waals surface area contributed by atoms with Crippen LogP contribution >= 0.6 is 0 Å². The van der Waals surface area contributed by atoms with Crippen molar-refractivity contribution >= 4 is 11.6 Å². The highest BCUT2D eigenvalue weighted by molar-refractivity contribution is 5.95. The van der Waals surface area contributed by atoms with Gasteiger partial charge < -0.3 is 5.32 Å². The van der Waals surface area contributed by atoms with E-state index in [1.807, 2.05) is 0 Å². The number of carbonyl (C=O) groups excluding carboxylic acids is 1. The van der Waals surface area contributed by atoms with Crippen LogP contribution in [-0.4, -0.2) is 31.1 Å². The van der Waals surface area contributed by atoms with Gasteiger partial charge in [0, 0.05) is 0 Å². The zero-order valence-corrected chi connectivity index (χ0v) is 12.6. The van der Waals surface area contributed by atoms with E-state index in [0.29, 0.717) is 5.56 Å². The molecule has 7 nitrogen and oxygen atoms in total. The Balaban J connectivity index is 1.84. The number of tetrazole rings is 1. The summed E-state index contributed by atoms with van der Waals surface area (Å²) < 4.78 is 38.9. The van der Waals surface area contributed by atoms with Crippen LogP contribution < -0.4 is 5.32 Å². The van der Waals surface area contributed by atoms with Gasteiger partial charge in [-0.2, -0.15) is 13.2 Å². The Morgan fingerprint density at radius 3 is 2.44 bits per heavy atom. The fourth-order valence-corrected chi connectivity index (χ4v) is 2.19. The number of pyridine rings is 1. The number of halogens is 3. The molecular weight excluding hydrogens is 337 g/mol. The predicted molar refractivity (Wildman–Crippen MR) is 80.3 cm³/mol. The summed E-state index contributed by atoms with van der Waals surface area (Å²) in [5, 5.41) is 13.3. The number of nitrogens with one attached hydrogen (secondary N) is 1. The lowest BCUT2D eigenvalue weighted by Gasteiger charge is -2.16. The van der Waals surface area contributed by atoms with Crippen LogP contribution in [0.3, 0.4) is 0 Å². The molecule has 0 aliphatic rings. The lowest BCUT2D eigenvalue weighted by Crippen LogP contribution is -2.27. The molecule has 10 heteroatoms. The Bertz CT molecular complexity index is 834. The highest BCUT2D eigenvalue weighted by atomic mass is 19.4. The highest BCUT2D eigenvalue weighted by Crippen LogP contribution is 2.28. The third-order valence-electron chi connectivity index (χ3n) is 3.31. The molecule has 0 aliphatic carbocycles. The number of carbonyl (C=O) groups is 1. The maximum atomic E-state index is 12.6. The van der Waals surface area contributed by atoms with Crippen molar-refractivity contribution in [3.63, 3.8) is 0 Å². The summed E-state index contributed by atoms with van der Waals surface area (Å²) in [7, 11) is 0. The molecule has 1 aromatic carbocycles. The molecule has 0 radical (unpaired) electrons. The quantitative estimate of drug-likeness (QED) is 0.782. The standard InChI is InChI=1S/C15H11F3N6O/c16-15(17,18)12-7-6-11(8-19-12)21-14(25)13(24-9-20-22-23-24)10-4-2-1-3-5-10/h1-9,13H,(H,21,25)/t13-/m0/s1. The Kier molecular flexibility index (Phi) is 4.42. The van der Waals surface area contributed by atoms with Gasteiger partial charge in [-0.1, -0.05) is 30.3 Å². The molecule has 0 aliphatic heterocycles. The summed E-state index contributed by atoms with van der Waals surface area (Å²) in [6.45, 7) is 0. The van der Waals surface area contributed by atoms with E-state index in [1.165, 1.54) is 11.0 Å². The molecule has 2 heterocycles. The van der Waals surface area contributed by atoms with Crippen molar-refractivity contribution in [3.05, 3.63) is 66.2 Å². The second kappa shape index (κ2) is 6.67. The molecule has 128 valence electrons. The third-order valence-corrected chi connectivity index (χ3v) is 3.31. The van der Waals surface area contributed by atoms with Crippen LogP contribution in [0.4, 0.5) is 18.9 Å². The van der Waals surface area contributed by atoms with E-state index in [0.717, 1.165) is 18.3 Å². The van der Waals surface area contributed by atoms with Crippen molar-refractivity contribution in [2.75, 3.05) is 5.32 Å². The Labute approximate surface area is 139 Å². The van der Waals surface area contributed by atoms with E-state index in [4.69, 9.17) is 0 Å². The number of aromatic nitrogens is 5. The monoisotopic (exact) mass is 348 g/mol. The second-order valence-electron chi connectivity index (χ2n) is 5.02. The molecule has 0 saturated carbocycles. The summed E-state index contributed by atoms with van der Waals surface area (Å²) in [6.07, 6.45) is -2.31. The van der Waals surface area contributed by atoms with Gasteiger partial charge in [-0.05, 0) is 28.1 Å². The number of benzene rings is 1. The predicted octanol–water partition coefficient (Wildman–Crippen LogP) is 2.31. The highest BCUT2D eigenvalue weighted by Gasteiger charge is 2.32. The zero-order chi connectivity index (χ0) is 17.9. The minimum absolute atomic E-state index is 0.131. The van der Waals surface area contributed by atoms with E-state index in [2.05, 4.69) is 25.8 Å². The molecule has 3 rings (SSSR count). The van der Waals surface area contributed by atoms with Gasteiger partial charge in [0.05, 0.1) is 11.9 Å². The fourth-order valence-electron chi connectivity index (χ4n) is 2.19. The van der Waals surface area contributed by atoms with Crippen molar-refractivity contribution < 1.29 is 18.0 Å². The molecule has 0 spiro atoms. The van der Waals surface area contributed by atoms with E-state index in [1.54, 1.807) is 30.3 Å². The van der Waals surface area contributed by atoms with E-state index < -0.39 is 23.8 Å². The van der Waals surface area contributed by atoms with Gasteiger partial charge in [-0.15, -0.1) is 5.10 Å². The lowest BCUT2D eigenvalue weighted by atomic mass is 10.1. The SMILES string of the molecule is O=C(Nc1ccc(C(F)(F)F)nc1)[C@H](c1ccccc1)n1cnnn1. The fraction of sp³-hybridized carbons (Fsp3) is 0.133. The molecule has 1 atom stereocenters. The first-order chi connectivity index (χ1) is 11.9. The number of anilines is 1. The van der Waals surface area contributed by atoms with Crippen LogP contribution in [-0.2, 0) is 11.0 Å². The minimum Gasteiger partial charge on any atom is -0.323 e. The zero-order valence-electron chi connectivity index (χ0n) is 12.6. The van der Waals surface area contributed by atoms with Crippen LogP contribution in [0, 0.1) is 0 Å². The van der Waals surface area contributed by atoms with Gasteiger partial charge in [0.1, 0.15) is 12.0 Å². The molecule has 0 unspecified atom stereocenters. The summed E-state index contributed by atoms with van der Waals surface area (Å²) in [5.74, 6) is -0.514. The number of amides is 1. The first-order valence-corrected chi connectivity index (χ1v) is 7.06. The number of alkyl halides is 3. The van der Waals surface area contributed by atoms with Gasteiger partial charge in [0.15, 0.2) is 6.04 Å². The number of rotatable bonds is 4. The average molecular weight is 348 g/mol. The van der Waals surface area contributed by atoms with Crippen molar-refractivity contribution in [2.24, 2.45) is 0 Å². The molecule has 0 saturated heterocycles. The van der Waals surface area contributed by atoms with Crippen LogP contribution in [0.1, 0.15) is 17.3 Å². The molecule has 3 aromatic rings. The first-order valence-electron chi connectivity index (χ1n) is 7.06. The van der Waals surface area contributed by atoms with E-state index in [-0.39, 0.29) is 5.69 Å². The summed E-state index contributed by atoms with van der Waals surface area (Å²) in [6, 6.07) is 9.78. The largest absolute Gasteiger partial charge is 0.433 e. The van der Waals surface area contributed by atoms with Crippen molar-refractivity contribution in [3.8, 4) is 0 Å². The average Bonchev–Trinajstić information content (AvgIpc) is 3.10. The van der Waals surface area contributed by atoms with Crippen LogP contribution in [0.5, 0.6) is 0 Å². The van der Waals surface area contributed by atoms with Crippen LogP contribution in [0.15, 0.2) is 55.0 Å². The molecule has 0 bridgehead atoms. The maximum Gasteiger partial charge on any atom is 0.433 e. The molecule has 0 fully saturated rings. The molecular formula is C15H11F3N6O. The van der Waals surface area contributed by atoms with E-state index in [9.17, 15) is 18.0 Å². The smallest absolute Gasteiger partial charge is 0.323 e. The minimum atomic E-state index is -4.54. The molecule has 25 heavy (non-hydrogen) atoms. The van der Waals surface area contributed by atoms with Gasteiger partial charge in [0.2, 0.25) is 0 Å². The van der Waals surface area contributed by atoms with Gasteiger partial charge >= 0.3 is 6.18 Å². The molecule has 1 N–H and O–H groups in total. The number of hydrogen-bond donors (Lipinski definition) is 1.